The number of hydrogen-bond acceptors (Lipinski definition) is 3. The quantitative estimate of drug-likeness (QED) is 0.470. The molecule has 30 heavy (non-hydrogen) atoms. The van der Waals surface area contributed by atoms with Crippen LogP contribution in [0.1, 0.15) is 17.5 Å². The maximum Gasteiger partial charge on any atom is 0.262 e. The molecule has 0 heterocycles. The topological polar surface area (TPSA) is 67.4 Å². The molecule has 0 aromatic heterocycles. The lowest BCUT2D eigenvalue weighted by Crippen LogP contribution is -2.20. The average molecular weight is 467 g/mol. The highest BCUT2D eigenvalue weighted by molar-refractivity contribution is 9.10. The number of carbonyl (C=O) groups excluding carboxylic acids is 2. The number of nitrogens with one attached hydrogen (secondary N) is 2. The SMILES string of the molecule is Cc1cc(Br)ccc1OCC(=O)Nc1ccc(NC(=O)CCc2ccccc2)cc1. The molecule has 3 aromatic rings. The van der Waals surface area contributed by atoms with Crippen molar-refractivity contribution < 1.29 is 14.3 Å². The maximum atomic E-state index is 12.1. The van der Waals surface area contributed by atoms with E-state index >= 15 is 0 Å². The Hall–Kier alpha value is -3.12. The van der Waals surface area contributed by atoms with E-state index in [1.807, 2.05) is 55.5 Å². The van der Waals surface area contributed by atoms with Crippen molar-refractivity contribution in [2.24, 2.45) is 0 Å². The second kappa shape index (κ2) is 10.6. The predicted molar refractivity (Wildman–Crippen MR) is 123 cm³/mol. The summed E-state index contributed by atoms with van der Waals surface area (Å²) in [5.41, 5.74) is 3.40. The third-order valence-corrected chi connectivity index (χ3v) is 4.92. The van der Waals surface area contributed by atoms with E-state index in [-0.39, 0.29) is 18.4 Å². The Morgan fingerprint density at radius 3 is 2.13 bits per heavy atom. The van der Waals surface area contributed by atoms with Crippen LogP contribution >= 0.6 is 15.9 Å². The molecule has 0 aliphatic carbocycles. The van der Waals surface area contributed by atoms with Crippen molar-refractivity contribution in [2.45, 2.75) is 19.8 Å². The maximum absolute atomic E-state index is 12.1. The minimum Gasteiger partial charge on any atom is -0.483 e. The van der Waals surface area contributed by atoms with Crippen molar-refractivity contribution in [3.8, 4) is 5.75 Å². The summed E-state index contributed by atoms with van der Waals surface area (Å²) in [6, 6.07) is 22.5. The second-order valence-corrected chi connectivity index (χ2v) is 7.77. The highest BCUT2D eigenvalue weighted by Gasteiger charge is 2.07. The summed E-state index contributed by atoms with van der Waals surface area (Å²) >= 11 is 3.40. The summed E-state index contributed by atoms with van der Waals surface area (Å²) in [7, 11) is 0. The lowest BCUT2D eigenvalue weighted by Gasteiger charge is -2.10. The smallest absolute Gasteiger partial charge is 0.262 e. The molecule has 3 aromatic carbocycles. The van der Waals surface area contributed by atoms with Gasteiger partial charge >= 0.3 is 0 Å². The van der Waals surface area contributed by atoms with E-state index in [9.17, 15) is 9.59 Å². The van der Waals surface area contributed by atoms with E-state index < -0.39 is 0 Å². The Morgan fingerprint density at radius 2 is 1.50 bits per heavy atom. The molecule has 0 fully saturated rings. The Kier molecular flexibility index (Phi) is 7.63. The molecule has 5 nitrogen and oxygen atoms in total. The number of ether oxygens (including phenoxy) is 1. The molecule has 0 bridgehead atoms. The number of anilines is 2. The Bertz CT molecular complexity index is 1000. The number of benzene rings is 3. The summed E-state index contributed by atoms with van der Waals surface area (Å²) in [5, 5.41) is 5.65. The second-order valence-electron chi connectivity index (χ2n) is 6.86. The number of amides is 2. The fourth-order valence-electron chi connectivity index (χ4n) is 2.88. The van der Waals surface area contributed by atoms with E-state index in [2.05, 4.69) is 26.6 Å². The largest absolute Gasteiger partial charge is 0.483 e. The van der Waals surface area contributed by atoms with Crippen LogP contribution in [-0.4, -0.2) is 18.4 Å². The standard InChI is InChI=1S/C24H23BrN2O3/c1-17-15-19(25)8-13-22(17)30-16-24(29)27-21-11-9-20(10-12-21)26-23(28)14-7-18-5-3-2-4-6-18/h2-6,8-13,15H,7,14,16H2,1H3,(H,26,28)(H,27,29). The Morgan fingerprint density at radius 1 is 0.867 bits per heavy atom. The molecule has 0 aliphatic heterocycles. The van der Waals surface area contributed by atoms with E-state index in [0.29, 0.717) is 30.0 Å². The molecule has 154 valence electrons. The number of halogens is 1. The fourth-order valence-corrected chi connectivity index (χ4v) is 3.35. The van der Waals surface area contributed by atoms with Crippen LogP contribution in [-0.2, 0) is 16.0 Å². The molecule has 0 saturated carbocycles. The van der Waals surface area contributed by atoms with Crippen LogP contribution in [0.15, 0.2) is 77.3 Å². The van der Waals surface area contributed by atoms with E-state index in [1.54, 1.807) is 24.3 Å². The zero-order valence-electron chi connectivity index (χ0n) is 16.7. The lowest BCUT2D eigenvalue weighted by molar-refractivity contribution is -0.118. The van der Waals surface area contributed by atoms with Crippen LogP contribution in [0, 0.1) is 6.92 Å². The summed E-state index contributed by atoms with van der Waals surface area (Å²) in [4.78, 5) is 24.2. The monoisotopic (exact) mass is 466 g/mol. The van der Waals surface area contributed by atoms with Crippen LogP contribution in [0.25, 0.3) is 0 Å². The molecule has 3 rings (SSSR count). The van der Waals surface area contributed by atoms with Gasteiger partial charge in [0, 0.05) is 22.3 Å². The van der Waals surface area contributed by atoms with Crippen molar-refractivity contribution in [3.05, 3.63) is 88.4 Å². The van der Waals surface area contributed by atoms with Gasteiger partial charge in [-0.3, -0.25) is 9.59 Å². The number of hydrogen-bond donors (Lipinski definition) is 2. The molecule has 0 atom stereocenters. The lowest BCUT2D eigenvalue weighted by atomic mass is 10.1. The first-order valence-electron chi connectivity index (χ1n) is 9.62. The van der Waals surface area contributed by atoms with Gasteiger partial charge in [0.05, 0.1) is 0 Å². The predicted octanol–water partition coefficient (Wildman–Crippen LogP) is 5.35. The van der Waals surface area contributed by atoms with Crippen molar-refractivity contribution >= 4 is 39.1 Å². The first-order chi connectivity index (χ1) is 14.5. The minimum atomic E-state index is -0.253. The Balaban J connectivity index is 1.44. The van der Waals surface area contributed by atoms with Gasteiger partial charge in [-0.2, -0.15) is 0 Å². The van der Waals surface area contributed by atoms with Crippen LogP contribution in [0.5, 0.6) is 5.75 Å². The summed E-state index contributed by atoms with van der Waals surface area (Å²) < 4.78 is 6.54. The van der Waals surface area contributed by atoms with Gasteiger partial charge in [-0.05, 0) is 66.9 Å². The van der Waals surface area contributed by atoms with E-state index in [0.717, 1.165) is 15.6 Å². The number of rotatable bonds is 8. The van der Waals surface area contributed by atoms with Crippen LogP contribution in [0.2, 0.25) is 0 Å². The summed E-state index contributed by atoms with van der Waals surface area (Å²) in [5.74, 6) is 0.368. The third-order valence-electron chi connectivity index (χ3n) is 4.43. The van der Waals surface area contributed by atoms with Crippen LogP contribution in [0.3, 0.4) is 0 Å². The van der Waals surface area contributed by atoms with Crippen LogP contribution < -0.4 is 15.4 Å². The van der Waals surface area contributed by atoms with Crippen molar-refractivity contribution in [2.75, 3.05) is 17.2 Å². The Labute approximate surface area is 184 Å². The van der Waals surface area contributed by atoms with Gasteiger partial charge in [0.15, 0.2) is 6.61 Å². The average Bonchev–Trinajstić information content (AvgIpc) is 2.74. The van der Waals surface area contributed by atoms with E-state index in [4.69, 9.17) is 4.74 Å². The van der Waals surface area contributed by atoms with Gasteiger partial charge < -0.3 is 15.4 Å². The molecule has 0 spiro atoms. The fraction of sp³-hybridized carbons (Fsp3) is 0.167. The molecule has 0 saturated heterocycles. The number of aryl methyl sites for hydroxylation is 2. The van der Waals surface area contributed by atoms with Crippen molar-refractivity contribution in [1.29, 1.82) is 0 Å². The summed E-state index contributed by atoms with van der Waals surface area (Å²) in [6.45, 7) is 1.84. The molecule has 2 amide bonds. The molecule has 0 aliphatic rings. The zero-order chi connectivity index (χ0) is 21.3. The minimum absolute atomic E-state index is 0.0473. The van der Waals surface area contributed by atoms with Crippen molar-refractivity contribution in [3.63, 3.8) is 0 Å². The van der Waals surface area contributed by atoms with Crippen molar-refractivity contribution in [1.82, 2.24) is 0 Å². The van der Waals surface area contributed by atoms with Gasteiger partial charge in [-0.1, -0.05) is 46.3 Å². The molecular weight excluding hydrogens is 444 g/mol. The van der Waals surface area contributed by atoms with Gasteiger partial charge in [0.2, 0.25) is 5.91 Å². The zero-order valence-corrected chi connectivity index (χ0v) is 18.2. The molecular formula is C24H23BrN2O3. The molecule has 0 unspecified atom stereocenters. The third kappa shape index (κ3) is 6.74. The van der Waals surface area contributed by atoms with Gasteiger partial charge in [0.25, 0.3) is 5.91 Å². The molecule has 6 heteroatoms. The first kappa shape index (κ1) is 21.6. The molecule has 2 N–H and O–H groups in total. The first-order valence-corrected chi connectivity index (χ1v) is 10.4. The van der Waals surface area contributed by atoms with Gasteiger partial charge in [-0.15, -0.1) is 0 Å². The highest BCUT2D eigenvalue weighted by atomic mass is 79.9. The van der Waals surface area contributed by atoms with Gasteiger partial charge in [-0.25, -0.2) is 0 Å². The van der Waals surface area contributed by atoms with E-state index in [1.165, 1.54) is 0 Å². The summed E-state index contributed by atoms with van der Waals surface area (Å²) in [6.07, 6.45) is 1.11. The van der Waals surface area contributed by atoms with Gasteiger partial charge in [0.1, 0.15) is 5.75 Å². The van der Waals surface area contributed by atoms with Crippen LogP contribution in [0.4, 0.5) is 11.4 Å². The molecule has 0 radical (unpaired) electrons. The number of carbonyl (C=O) groups is 2. The normalized spacial score (nSPS) is 10.3. The highest BCUT2D eigenvalue weighted by Crippen LogP contribution is 2.22.